The number of amidine groups is 4. The fraction of sp³-hybridized carbons (Fsp3) is 0.149. The van der Waals surface area contributed by atoms with Crippen molar-refractivity contribution in [1.82, 2.24) is 39.5 Å². The van der Waals surface area contributed by atoms with E-state index in [9.17, 15) is 104 Å². The summed E-state index contributed by atoms with van der Waals surface area (Å²) < 4.78 is 218. The summed E-state index contributed by atoms with van der Waals surface area (Å²) in [7, 11) is 4.88. The van der Waals surface area contributed by atoms with Crippen molar-refractivity contribution in [2.45, 2.75) is 31.9 Å². The van der Waals surface area contributed by atoms with E-state index in [1.807, 2.05) is 0 Å². The molecule has 150 heavy (non-hydrogen) atoms. The zero-order chi connectivity index (χ0) is 110. The lowest BCUT2D eigenvalue weighted by atomic mass is 10.1. The monoisotopic (exact) mass is 2270 g/mol. The van der Waals surface area contributed by atoms with Crippen LogP contribution < -0.4 is 61.5 Å². The van der Waals surface area contributed by atoms with E-state index in [1.165, 1.54) is 117 Å². The molecule has 56 heteroatoms. The Bertz CT molecular complexity index is 7100. The van der Waals surface area contributed by atoms with E-state index in [0.717, 1.165) is 104 Å². The molecule has 0 aliphatic carbocycles. The highest BCUT2D eigenvalue weighted by atomic mass is 35.5. The molecule has 3 saturated heterocycles. The van der Waals surface area contributed by atoms with Gasteiger partial charge in [-0.25, -0.2) is 33.1 Å². The molecule has 0 unspecified atom stereocenters. The van der Waals surface area contributed by atoms with Crippen molar-refractivity contribution in [1.29, 1.82) is 16.2 Å². The molecule has 0 atom stereocenters. The molecule has 11 N–H and O–H groups in total. The Hall–Kier alpha value is -15.2. The van der Waals surface area contributed by atoms with Gasteiger partial charge >= 0.3 is 25.4 Å². The third-order valence-corrected chi connectivity index (χ3v) is 22.3. The van der Waals surface area contributed by atoms with Crippen LogP contribution in [0.25, 0.3) is 0 Å². The number of anilines is 8. The standard InChI is InChI=1S/C24H17Cl2F4N5O3.C24H19Cl2F4N5O3.C23H15Cl3F3N5O3.C23H15Cl2F4N5O3/c25-13-3-5-19(32-11-13)33-23(37)16-9-14(26)10-18(38-24(28,29)30)20(16)34-22(36)15-4-2-12(8-17(15)27)21(31)35-6-1-7-35;1-31-21(35(2)3)12-4-6-15(17(27)8-12)22(36)34-20-16(9-14(26)10-18(20)38-24(28,29)30)23(37)33-19-7-5-13(25)11-32-19;2*24-12-2-4-18(31-10-12)32-22(36)15-8-13(25)9-17(37-23(27,28)29)19(15)33-21(35)14-3-1-11(7-16(14)26)20(30)34-5-6-34/h2-5,8-11,31H,1,6-7H2,(H,34,36)(H,32,33,37);4-11H,1-3H3,(H,34,36)(H,32,33,37);2*1-4,7-10,30H,5-6H2,(H,33,35)(H,31,32,36). The number of pyridine rings is 4. The van der Waals surface area contributed by atoms with Crippen LogP contribution in [0, 0.1) is 33.7 Å². The molecule has 7 heterocycles. The highest BCUT2D eigenvalue weighted by Gasteiger charge is 2.40. The fourth-order valence-corrected chi connectivity index (χ4v) is 14.8. The minimum atomic E-state index is -5.21. The first-order valence-electron chi connectivity index (χ1n) is 42.2. The van der Waals surface area contributed by atoms with Crippen molar-refractivity contribution in [3.8, 4) is 23.0 Å². The van der Waals surface area contributed by atoms with E-state index in [-0.39, 0.29) is 97.6 Å². The van der Waals surface area contributed by atoms with Crippen molar-refractivity contribution >= 4 is 221 Å². The first-order valence-corrected chi connectivity index (χ1v) is 45.6. The first kappa shape index (κ1) is 113. The number of hydrogen-bond acceptors (Lipinski definition) is 20. The lowest BCUT2D eigenvalue weighted by molar-refractivity contribution is -0.275. The van der Waals surface area contributed by atoms with Gasteiger partial charge in [0, 0.05) is 152 Å². The number of carbonyl (C=O) groups excluding carboxylic acids is 8. The lowest BCUT2D eigenvalue weighted by Gasteiger charge is -2.33. The molecule has 3 aliphatic heterocycles. The predicted octanol–water partition coefficient (Wildman–Crippen LogP) is 23.5. The lowest BCUT2D eigenvalue weighted by Crippen LogP contribution is -2.42. The number of likely N-dealkylation sites (tertiary alicyclic amines) is 1. The molecular weight excluding hydrogens is 2210 g/mol. The topological polar surface area (TPSA) is 418 Å². The van der Waals surface area contributed by atoms with E-state index in [4.69, 9.17) is 121 Å². The minimum Gasteiger partial charge on any atom is -0.403 e. The number of alkyl halides is 12. The van der Waals surface area contributed by atoms with Crippen LogP contribution in [0.1, 0.15) is 112 Å². The summed E-state index contributed by atoms with van der Waals surface area (Å²) in [6, 6.07) is 32.7. The number of nitrogens with zero attached hydrogens (tertiary/aromatic N) is 9. The van der Waals surface area contributed by atoms with Crippen LogP contribution in [0.5, 0.6) is 23.0 Å². The van der Waals surface area contributed by atoms with Crippen LogP contribution in [0.2, 0.25) is 45.2 Å². The predicted molar refractivity (Wildman–Crippen MR) is 530 cm³/mol. The number of hydrogen-bond donors (Lipinski definition) is 11. The Labute approximate surface area is 881 Å². The molecule has 32 nitrogen and oxygen atoms in total. The smallest absolute Gasteiger partial charge is 0.403 e. The molecule has 3 aliphatic rings. The molecule has 12 aromatic rings. The Kier molecular flexibility index (Phi) is 36.6. The van der Waals surface area contributed by atoms with Gasteiger partial charge < -0.3 is 81.1 Å². The molecule has 8 amide bonds. The Balaban J connectivity index is 0.000000177. The number of halogens is 24. The second kappa shape index (κ2) is 48.4. The summed E-state index contributed by atoms with van der Waals surface area (Å²) in [5.74, 6) is -14.4. The van der Waals surface area contributed by atoms with Gasteiger partial charge in [-0.05, 0) is 128 Å². The van der Waals surface area contributed by atoms with Gasteiger partial charge in [-0.1, -0.05) is 129 Å². The molecule has 8 aromatic carbocycles. The van der Waals surface area contributed by atoms with Crippen molar-refractivity contribution in [3.63, 3.8) is 0 Å². The van der Waals surface area contributed by atoms with Crippen LogP contribution >= 0.6 is 104 Å². The molecule has 15 rings (SSSR count). The third kappa shape index (κ3) is 31.4. The van der Waals surface area contributed by atoms with Crippen LogP contribution in [-0.2, 0) is 0 Å². The molecular formula is C94H66Cl9F15N20O12. The van der Waals surface area contributed by atoms with Gasteiger partial charge in [0.25, 0.3) is 47.3 Å². The second-order valence-corrected chi connectivity index (χ2v) is 35.1. The van der Waals surface area contributed by atoms with Gasteiger partial charge in [-0.15, -0.1) is 52.7 Å². The second-order valence-electron chi connectivity index (χ2n) is 31.2. The van der Waals surface area contributed by atoms with E-state index < -0.39 is 175 Å². The van der Waals surface area contributed by atoms with Crippen molar-refractivity contribution in [2.24, 2.45) is 4.99 Å². The summed E-state index contributed by atoms with van der Waals surface area (Å²) >= 11 is 53.1. The highest BCUT2D eigenvalue weighted by Crippen LogP contribution is 2.44. The molecule has 0 bridgehead atoms. The Morgan fingerprint density at radius 2 is 0.540 bits per heavy atom. The number of benzene rings is 8. The molecule has 0 spiro atoms. The van der Waals surface area contributed by atoms with Gasteiger partial charge in [-0.3, -0.25) is 59.6 Å². The first-order chi connectivity index (χ1) is 70.5. The zero-order valence-corrected chi connectivity index (χ0v) is 82.7. The van der Waals surface area contributed by atoms with E-state index >= 15 is 0 Å². The molecule has 3 fully saturated rings. The van der Waals surface area contributed by atoms with E-state index in [1.54, 1.807) is 33.7 Å². The van der Waals surface area contributed by atoms with Gasteiger partial charge in [0.05, 0.1) is 92.4 Å². The summed E-state index contributed by atoms with van der Waals surface area (Å²) in [5.41, 5.74) is -5.14. The minimum absolute atomic E-state index is 0.000394. The van der Waals surface area contributed by atoms with E-state index in [2.05, 4.69) is 86.4 Å². The number of carbonyl (C=O) groups is 8. The Morgan fingerprint density at radius 1 is 0.307 bits per heavy atom. The quantitative estimate of drug-likeness (QED) is 0.0116. The third-order valence-electron chi connectivity index (χ3n) is 20.2. The summed E-state index contributed by atoms with van der Waals surface area (Å²) in [5, 5.41) is 42.2. The van der Waals surface area contributed by atoms with E-state index in [0.29, 0.717) is 48.2 Å². The number of aromatic nitrogens is 4. The number of nitrogens with one attached hydrogen (secondary N) is 11. The highest BCUT2D eigenvalue weighted by molar-refractivity contribution is 6.37. The van der Waals surface area contributed by atoms with Crippen LogP contribution in [0.15, 0.2) is 200 Å². The fourth-order valence-electron chi connectivity index (χ4n) is 13.2. The van der Waals surface area contributed by atoms with Crippen LogP contribution in [-0.4, -0.2) is 196 Å². The average Bonchev–Trinajstić information content (AvgIpc) is 1.30. The molecule has 4 aromatic heterocycles. The van der Waals surface area contributed by atoms with Crippen molar-refractivity contribution in [2.75, 3.05) is 103 Å². The number of aliphatic imine (C=N–C) groups is 1. The SMILES string of the molecule is CN=C(c1ccc(C(=O)Nc2c(OC(F)(F)F)cc(Cl)cc2C(=O)Nc2ccc(Cl)cn2)c(F)c1)N(C)C.N=C(c1ccc(C(=O)Nc2c(OC(F)(F)F)cc(Cl)cc2C(=O)Nc2ccc(Cl)cn2)c(Cl)c1)N1CC1.N=C(c1ccc(C(=O)Nc2c(OC(F)(F)F)cc(Cl)cc2C(=O)Nc2ccc(Cl)cn2)c(F)c1)N1CC1.N=C(c1ccc(C(=O)Nc2c(OC(F)(F)F)cc(Cl)cc2C(=O)Nc2ccc(Cl)cn2)c(F)c1)N1CCC1. The maximum atomic E-state index is 14.9. The number of rotatable bonds is 24. The molecule has 0 radical (unpaired) electrons. The molecule has 0 saturated carbocycles. The van der Waals surface area contributed by atoms with Gasteiger partial charge in [-0.2, -0.15) is 0 Å². The van der Waals surface area contributed by atoms with Crippen molar-refractivity contribution in [3.05, 3.63) is 324 Å². The summed E-state index contributed by atoms with van der Waals surface area (Å²) in [6.07, 6.45) is -14.9. The number of ether oxygens (including phenoxy) is 4. The maximum absolute atomic E-state index is 14.9. The molecule has 782 valence electrons. The van der Waals surface area contributed by atoms with Crippen LogP contribution in [0.4, 0.5) is 112 Å². The van der Waals surface area contributed by atoms with Crippen LogP contribution in [0.3, 0.4) is 0 Å². The zero-order valence-electron chi connectivity index (χ0n) is 75.9. The number of amides is 8. The largest absolute Gasteiger partial charge is 0.573 e. The summed E-state index contributed by atoms with van der Waals surface area (Å²) in [4.78, 5) is 130. The van der Waals surface area contributed by atoms with Gasteiger partial charge in [0.2, 0.25) is 0 Å². The Morgan fingerprint density at radius 3 is 0.753 bits per heavy atom. The average molecular weight is 2270 g/mol. The van der Waals surface area contributed by atoms with Gasteiger partial charge in [0.15, 0.2) is 23.0 Å². The normalized spacial score (nSPS) is 12.5. The maximum Gasteiger partial charge on any atom is 0.573 e. The van der Waals surface area contributed by atoms with Gasteiger partial charge in [0.1, 0.15) is 64.1 Å². The van der Waals surface area contributed by atoms with Crippen molar-refractivity contribution < 1.29 is 123 Å². The summed E-state index contributed by atoms with van der Waals surface area (Å²) in [6.45, 7) is 4.06.